The lowest BCUT2D eigenvalue weighted by molar-refractivity contribution is -0.146. The number of nitrogens with zero attached hydrogens (tertiary/aromatic N) is 3. The molecular weight excluding hydrogens is 759 g/mol. The zero-order chi connectivity index (χ0) is 41.2. The number of rotatable bonds is 14. The number of hydrogen-bond donors (Lipinski definition) is 2. The number of pyridine rings is 1. The first kappa shape index (κ1) is 42.0. The lowest BCUT2D eigenvalue weighted by atomic mass is 9.86. The summed E-state index contributed by atoms with van der Waals surface area (Å²) in [5.41, 5.74) is 4.35. The fourth-order valence-corrected chi connectivity index (χ4v) is 9.48. The summed E-state index contributed by atoms with van der Waals surface area (Å²) < 4.78 is 39.0. The van der Waals surface area contributed by atoms with E-state index in [-0.39, 0.29) is 52.2 Å². The van der Waals surface area contributed by atoms with Crippen molar-refractivity contribution in [3.63, 3.8) is 0 Å². The molecule has 1 saturated carbocycles. The number of benzene rings is 3. The quantitative estimate of drug-likeness (QED) is 0.128. The van der Waals surface area contributed by atoms with Crippen molar-refractivity contribution in [2.75, 3.05) is 49.4 Å². The highest BCUT2D eigenvalue weighted by atomic mass is 32.2. The van der Waals surface area contributed by atoms with Crippen molar-refractivity contribution in [2.45, 2.75) is 75.6 Å². The Hall–Kier alpha value is -5.60. The number of aryl methyl sites for hydroxylation is 2. The minimum atomic E-state index is -3.98. The van der Waals surface area contributed by atoms with Gasteiger partial charge in [0.2, 0.25) is 10.0 Å². The number of ether oxygens (including phenoxy) is 2. The van der Waals surface area contributed by atoms with Gasteiger partial charge in [0.05, 0.1) is 53.7 Å². The summed E-state index contributed by atoms with van der Waals surface area (Å²) >= 11 is 0. The van der Waals surface area contributed by atoms with E-state index < -0.39 is 21.8 Å². The SMILES string of the molecule is CCN(C1CCC(C(=O)OC)CC1)S(=O)(=O)c1cccc(C(=O)Nc2ccc(N3CCCCC3)cc2C(=O)Nc2ccc(CCc3ccc(C(=O)OC)cc3)nc2)c1. The first-order valence-corrected chi connectivity index (χ1v) is 21.3. The van der Waals surface area contributed by atoms with Crippen LogP contribution in [0.15, 0.2) is 90.0 Å². The first-order valence-electron chi connectivity index (χ1n) is 19.8. The van der Waals surface area contributed by atoms with Gasteiger partial charge >= 0.3 is 11.9 Å². The predicted octanol–water partition coefficient (Wildman–Crippen LogP) is 6.89. The number of piperidine rings is 1. The van der Waals surface area contributed by atoms with Crippen molar-refractivity contribution < 1.29 is 37.1 Å². The molecule has 14 heteroatoms. The highest BCUT2D eigenvalue weighted by Gasteiger charge is 2.35. The number of aromatic nitrogens is 1. The van der Waals surface area contributed by atoms with Crippen LogP contribution in [0.4, 0.5) is 17.1 Å². The number of anilines is 3. The van der Waals surface area contributed by atoms with Gasteiger partial charge in [0.25, 0.3) is 11.8 Å². The van der Waals surface area contributed by atoms with Crippen molar-refractivity contribution in [1.29, 1.82) is 0 Å². The molecule has 306 valence electrons. The largest absolute Gasteiger partial charge is 0.469 e. The molecule has 0 spiro atoms. The van der Waals surface area contributed by atoms with Crippen LogP contribution in [0.1, 0.15) is 94.2 Å². The number of carbonyl (C=O) groups excluding carboxylic acids is 4. The maximum absolute atomic E-state index is 14.0. The van der Waals surface area contributed by atoms with Gasteiger partial charge < -0.3 is 25.0 Å². The molecule has 0 unspecified atom stereocenters. The summed E-state index contributed by atoms with van der Waals surface area (Å²) in [7, 11) is -1.27. The van der Waals surface area contributed by atoms with Gasteiger partial charge in [-0.05, 0) is 124 Å². The summed E-state index contributed by atoms with van der Waals surface area (Å²) in [6.45, 7) is 3.73. The lowest BCUT2D eigenvalue weighted by Gasteiger charge is -2.34. The minimum Gasteiger partial charge on any atom is -0.469 e. The average Bonchev–Trinajstić information content (AvgIpc) is 3.26. The van der Waals surface area contributed by atoms with Gasteiger partial charge in [-0.15, -0.1) is 0 Å². The topological polar surface area (TPSA) is 164 Å². The number of carbonyl (C=O) groups is 4. The Morgan fingerprint density at radius 2 is 1.53 bits per heavy atom. The maximum Gasteiger partial charge on any atom is 0.337 e. The molecule has 2 heterocycles. The summed E-state index contributed by atoms with van der Waals surface area (Å²) in [6, 6.07) is 21.9. The van der Waals surface area contributed by atoms with E-state index >= 15 is 0 Å². The number of esters is 2. The Morgan fingerprint density at radius 1 is 0.793 bits per heavy atom. The average molecular weight is 810 g/mol. The van der Waals surface area contributed by atoms with Crippen LogP contribution in [0.25, 0.3) is 0 Å². The molecule has 2 aliphatic rings. The summed E-state index contributed by atoms with van der Waals surface area (Å²) in [6.07, 6.45) is 8.31. The number of methoxy groups -OCH3 is 2. The third-order valence-electron chi connectivity index (χ3n) is 11.0. The highest BCUT2D eigenvalue weighted by Crippen LogP contribution is 2.32. The van der Waals surface area contributed by atoms with E-state index in [9.17, 15) is 27.6 Å². The molecule has 58 heavy (non-hydrogen) atoms. The molecular formula is C44H51N5O8S. The Labute approximate surface area is 340 Å². The lowest BCUT2D eigenvalue weighted by Crippen LogP contribution is -2.43. The van der Waals surface area contributed by atoms with Gasteiger partial charge in [0.15, 0.2) is 0 Å². The second kappa shape index (κ2) is 19.2. The van der Waals surface area contributed by atoms with E-state index in [1.54, 1.807) is 49.5 Å². The maximum atomic E-state index is 14.0. The van der Waals surface area contributed by atoms with Gasteiger partial charge in [-0.3, -0.25) is 19.4 Å². The van der Waals surface area contributed by atoms with E-state index in [0.717, 1.165) is 49.3 Å². The van der Waals surface area contributed by atoms with Gasteiger partial charge in [0, 0.05) is 42.6 Å². The summed E-state index contributed by atoms with van der Waals surface area (Å²) in [5, 5.41) is 5.80. The molecule has 1 aliphatic carbocycles. The number of amides is 2. The second-order valence-corrected chi connectivity index (χ2v) is 16.6. The molecule has 4 aromatic rings. The fourth-order valence-electron chi connectivity index (χ4n) is 7.74. The number of hydrogen-bond acceptors (Lipinski definition) is 10. The van der Waals surface area contributed by atoms with Gasteiger partial charge in [-0.25, -0.2) is 13.2 Å². The second-order valence-electron chi connectivity index (χ2n) is 14.7. The Bertz CT molecular complexity index is 2200. The Morgan fingerprint density at radius 3 is 2.19 bits per heavy atom. The molecule has 1 aliphatic heterocycles. The third kappa shape index (κ3) is 10.1. The third-order valence-corrected chi connectivity index (χ3v) is 13.0. The Balaban J connectivity index is 1.16. The smallest absolute Gasteiger partial charge is 0.337 e. The van der Waals surface area contributed by atoms with Gasteiger partial charge in [0.1, 0.15) is 0 Å². The van der Waals surface area contributed by atoms with Crippen LogP contribution in [0.2, 0.25) is 0 Å². The number of nitrogens with one attached hydrogen (secondary N) is 2. The molecule has 1 aromatic heterocycles. The van der Waals surface area contributed by atoms with E-state index in [0.29, 0.717) is 49.8 Å². The molecule has 13 nitrogen and oxygen atoms in total. The van der Waals surface area contributed by atoms with Gasteiger partial charge in [-0.2, -0.15) is 4.31 Å². The van der Waals surface area contributed by atoms with Crippen LogP contribution < -0.4 is 15.5 Å². The van der Waals surface area contributed by atoms with Crippen LogP contribution in [0.3, 0.4) is 0 Å². The monoisotopic (exact) mass is 809 g/mol. The zero-order valence-corrected chi connectivity index (χ0v) is 34.1. The minimum absolute atomic E-state index is 0.0112. The number of sulfonamides is 1. The van der Waals surface area contributed by atoms with Gasteiger partial charge in [-0.1, -0.05) is 25.1 Å². The summed E-state index contributed by atoms with van der Waals surface area (Å²) in [5.74, 6) is -1.90. The zero-order valence-electron chi connectivity index (χ0n) is 33.2. The standard InChI is InChI=1S/C44H51N5O8S/c1-4-49(36-21-16-32(17-22-36)44(53)57-3)58(54,55)38-10-8-9-33(27-38)41(50)47-40-24-23-37(48-25-6-5-7-26-48)28-39(40)42(51)46-35-20-19-34(45-29-35)18-13-30-11-14-31(15-12-30)43(52)56-2/h8-12,14-15,19-20,23-24,27-29,32,36H,4-7,13,16-18,21-22,25-26H2,1-3H3,(H,46,51)(H,47,50). The normalized spacial score (nSPS) is 17.0. The van der Waals surface area contributed by atoms with E-state index in [2.05, 4.69) is 20.5 Å². The van der Waals surface area contributed by atoms with Crippen molar-refractivity contribution in [2.24, 2.45) is 5.92 Å². The molecule has 0 bridgehead atoms. The van der Waals surface area contributed by atoms with Crippen LogP contribution in [-0.2, 0) is 37.1 Å². The predicted molar refractivity (Wildman–Crippen MR) is 222 cm³/mol. The molecule has 3 aromatic carbocycles. The van der Waals surface area contributed by atoms with Crippen LogP contribution >= 0.6 is 0 Å². The Kier molecular flexibility index (Phi) is 13.9. The van der Waals surface area contributed by atoms with Crippen LogP contribution in [0, 0.1) is 5.92 Å². The molecule has 2 N–H and O–H groups in total. The highest BCUT2D eigenvalue weighted by molar-refractivity contribution is 7.89. The van der Waals surface area contributed by atoms with Crippen LogP contribution in [0.5, 0.6) is 0 Å². The molecule has 0 radical (unpaired) electrons. The van der Waals surface area contributed by atoms with Crippen molar-refractivity contribution in [3.05, 3.63) is 113 Å². The molecule has 2 amide bonds. The molecule has 0 atom stereocenters. The van der Waals surface area contributed by atoms with Crippen molar-refractivity contribution in [1.82, 2.24) is 9.29 Å². The molecule has 1 saturated heterocycles. The first-order chi connectivity index (χ1) is 28.0. The molecule has 2 fully saturated rings. The van der Waals surface area contributed by atoms with E-state index in [1.807, 2.05) is 24.3 Å². The fraction of sp³-hybridized carbons (Fsp3) is 0.386. The van der Waals surface area contributed by atoms with E-state index in [4.69, 9.17) is 9.47 Å². The van der Waals surface area contributed by atoms with Crippen molar-refractivity contribution in [3.8, 4) is 0 Å². The van der Waals surface area contributed by atoms with Crippen molar-refractivity contribution >= 4 is 50.8 Å². The molecule has 6 rings (SSSR count). The van der Waals surface area contributed by atoms with Crippen LogP contribution in [-0.4, -0.2) is 81.4 Å². The van der Waals surface area contributed by atoms with E-state index in [1.165, 1.54) is 36.7 Å². The summed E-state index contributed by atoms with van der Waals surface area (Å²) in [4.78, 5) is 58.3.